The van der Waals surface area contributed by atoms with E-state index in [2.05, 4.69) is 0 Å². The number of allylic oxidation sites excluding steroid dienone is 2. The molecule has 0 N–H and O–H groups in total. The minimum Gasteiger partial charge on any atom is -0.496 e. The average molecular weight is 265 g/mol. The molecular weight excluding hydrogens is 248 g/mol. The third-order valence-corrected chi connectivity index (χ3v) is 3.49. The highest BCUT2D eigenvalue weighted by atomic mass is 35.5. The predicted octanol–water partition coefficient (Wildman–Crippen LogP) is 4.42. The second kappa shape index (κ2) is 6.05. The van der Waals surface area contributed by atoms with E-state index < -0.39 is 0 Å². The minimum atomic E-state index is -0.00810. The molecule has 1 aromatic rings. The lowest BCUT2D eigenvalue weighted by Crippen LogP contribution is -2.02. The molecule has 0 aromatic heterocycles. The number of carbonyl (C=O) groups excluding carboxylic acids is 1. The van der Waals surface area contributed by atoms with Gasteiger partial charge in [0.1, 0.15) is 5.75 Å². The predicted molar refractivity (Wildman–Crippen MR) is 73.5 cm³/mol. The van der Waals surface area contributed by atoms with Crippen LogP contribution in [0.25, 0.3) is 0 Å². The van der Waals surface area contributed by atoms with Crippen LogP contribution in [0.5, 0.6) is 5.75 Å². The van der Waals surface area contributed by atoms with Gasteiger partial charge in [0, 0.05) is 5.02 Å². The van der Waals surface area contributed by atoms with Crippen molar-refractivity contribution in [3.8, 4) is 5.75 Å². The Bertz CT molecular complexity index is 469. The maximum absolute atomic E-state index is 12.2. The summed E-state index contributed by atoms with van der Waals surface area (Å²) in [6, 6.07) is 5.13. The van der Waals surface area contributed by atoms with Crippen LogP contribution in [0.3, 0.4) is 0 Å². The lowest BCUT2D eigenvalue weighted by molar-refractivity contribution is 0.104. The van der Waals surface area contributed by atoms with Gasteiger partial charge in [0.2, 0.25) is 0 Å². The molecule has 0 radical (unpaired) electrons. The summed E-state index contributed by atoms with van der Waals surface area (Å²) in [5, 5.41) is 0.557. The van der Waals surface area contributed by atoms with E-state index in [0.717, 1.165) is 12.8 Å². The number of rotatable bonds is 3. The number of ketones is 1. The zero-order valence-corrected chi connectivity index (χ0v) is 11.3. The molecule has 1 aliphatic rings. The van der Waals surface area contributed by atoms with Crippen molar-refractivity contribution in [2.75, 3.05) is 7.11 Å². The largest absolute Gasteiger partial charge is 0.496 e. The van der Waals surface area contributed by atoms with Crippen molar-refractivity contribution in [1.29, 1.82) is 0 Å². The van der Waals surface area contributed by atoms with Crippen LogP contribution in [0.4, 0.5) is 0 Å². The van der Waals surface area contributed by atoms with Gasteiger partial charge >= 0.3 is 0 Å². The Morgan fingerprint density at radius 3 is 2.67 bits per heavy atom. The summed E-state index contributed by atoms with van der Waals surface area (Å²) in [6.45, 7) is 0. The van der Waals surface area contributed by atoms with E-state index in [0.29, 0.717) is 16.3 Å². The van der Waals surface area contributed by atoms with Crippen LogP contribution in [0, 0.1) is 0 Å². The van der Waals surface area contributed by atoms with Gasteiger partial charge in [-0.25, -0.2) is 0 Å². The number of carbonyl (C=O) groups is 1. The Morgan fingerprint density at radius 2 is 2.00 bits per heavy atom. The molecule has 18 heavy (non-hydrogen) atoms. The Labute approximate surface area is 113 Å². The lowest BCUT2D eigenvalue weighted by Gasteiger charge is -2.13. The Kier molecular flexibility index (Phi) is 4.43. The van der Waals surface area contributed by atoms with Gasteiger partial charge in [-0.3, -0.25) is 4.79 Å². The molecule has 0 saturated heterocycles. The van der Waals surface area contributed by atoms with E-state index in [9.17, 15) is 4.79 Å². The fourth-order valence-electron chi connectivity index (χ4n) is 2.29. The highest BCUT2D eigenvalue weighted by molar-refractivity contribution is 6.31. The fourth-order valence-corrected chi connectivity index (χ4v) is 2.46. The number of hydrogen-bond donors (Lipinski definition) is 0. The molecule has 2 nitrogen and oxygen atoms in total. The number of hydrogen-bond acceptors (Lipinski definition) is 2. The first-order chi connectivity index (χ1) is 8.70. The molecule has 0 amide bonds. The van der Waals surface area contributed by atoms with Crippen molar-refractivity contribution >= 4 is 17.4 Å². The Morgan fingerprint density at radius 1 is 1.28 bits per heavy atom. The molecule has 3 heteroatoms. The molecule has 0 unspecified atom stereocenters. The van der Waals surface area contributed by atoms with Gasteiger partial charge in [0.05, 0.1) is 12.7 Å². The first-order valence-electron chi connectivity index (χ1n) is 6.28. The summed E-state index contributed by atoms with van der Waals surface area (Å²) >= 11 is 5.93. The van der Waals surface area contributed by atoms with Crippen LogP contribution >= 0.6 is 11.6 Å². The van der Waals surface area contributed by atoms with E-state index in [1.54, 1.807) is 31.4 Å². The third kappa shape index (κ3) is 3.14. The molecule has 96 valence electrons. The van der Waals surface area contributed by atoms with Crippen molar-refractivity contribution in [3.63, 3.8) is 0 Å². The van der Waals surface area contributed by atoms with Crippen LogP contribution in [-0.2, 0) is 0 Å². The van der Waals surface area contributed by atoms with Crippen LogP contribution in [0.15, 0.2) is 29.8 Å². The van der Waals surface area contributed by atoms with E-state index in [1.165, 1.54) is 24.8 Å². The number of ether oxygens (including phenoxy) is 1. The zero-order valence-electron chi connectivity index (χ0n) is 10.5. The normalized spacial score (nSPS) is 15.3. The van der Waals surface area contributed by atoms with Gasteiger partial charge in [0.25, 0.3) is 0 Å². The minimum absolute atomic E-state index is 0.00810. The van der Waals surface area contributed by atoms with Gasteiger partial charge in [0.15, 0.2) is 5.78 Å². The van der Waals surface area contributed by atoms with Gasteiger partial charge in [-0.05, 0) is 50.0 Å². The van der Waals surface area contributed by atoms with Gasteiger partial charge in [-0.15, -0.1) is 0 Å². The average Bonchev–Trinajstić information content (AvgIpc) is 2.40. The zero-order chi connectivity index (χ0) is 13.0. The van der Waals surface area contributed by atoms with E-state index in [1.807, 2.05) is 0 Å². The molecule has 1 fully saturated rings. The summed E-state index contributed by atoms with van der Waals surface area (Å²) < 4.78 is 5.20. The SMILES string of the molecule is COc1ccc(Cl)cc1C(=O)C=C1CCCCC1. The van der Waals surface area contributed by atoms with Crippen molar-refractivity contribution in [2.45, 2.75) is 32.1 Å². The second-order valence-electron chi connectivity index (χ2n) is 4.57. The summed E-state index contributed by atoms with van der Waals surface area (Å²) in [6.07, 6.45) is 7.47. The molecule has 0 heterocycles. The Hall–Kier alpha value is -1.28. The van der Waals surface area contributed by atoms with Crippen molar-refractivity contribution in [2.24, 2.45) is 0 Å². The smallest absolute Gasteiger partial charge is 0.189 e. The van der Waals surface area contributed by atoms with Crippen LogP contribution in [0.1, 0.15) is 42.5 Å². The lowest BCUT2D eigenvalue weighted by atomic mass is 9.93. The number of benzene rings is 1. The van der Waals surface area contributed by atoms with Crippen LogP contribution in [-0.4, -0.2) is 12.9 Å². The topological polar surface area (TPSA) is 26.3 Å². The molecule has 0 bridgehead atoms. The van der Waals surface area contributed by atoms with Crippen LogP contribution in [0.2, 0.25) is 5.02 Å². The summed E-state index contributed by atoms with van der Waals surface area (Å²) in [5.41, 5.74) is 1.79. The molecule has 2 rings (SSSR count). The van der Waals surface area contributed by atoms with Crippen LogP contribution < -0.4 is 4.74 Å². The molecular formula is C15H17ClO2. The fraction of sp³-hybridized carbons (Fsp3) is 0.400. The molecule has 1 aromatic carbocycles. The second-order valence-corrected chi connectivity index (χ2v) is 5.01. The van der Waals surface area contributed by atoms with Crippen molar-refractivity contribution in [3.05, 3.63) is 40.4 Å². The quantitative estimate of drug-likeness (QED) is 0.597. The maximum Gasteiger partial charge on any atom is 0.189 e. The van der Waals surface area contributed by atoms with E-state index in [-0.39, 0.29) is 5.78 Å². The van der Waals surface area contributed by atoms with Crippen molar-refractivity contribution in [1.82, 2.24) is 0 Å². The highest BCUT2D eigenvalue weighted by Gasteiger charge is 2.13. The first-order valence-corrected chi connectivity index (χ1v) is 6.66. The Balaban J connectivity index is 2.24. The number of methoxy groups -OCH3 is 1. The number of halogens is 1. The maximum atomic E-state index is 12.2. The van der Waals surface area contributed by atoms with E-state index in [4.69, 9.17) is 16.3 Å². The van der Waals surface area contributed by atoms with Gasteiger partial charge in [-0.2, -0.15) is 0 Å². The summed E-state index contributed by atoms with van der Waals surface area (Å²) in [5.74, 6) is 0.573. The van der Waals surface area contributed by atoms with Crippen molar-refractivity contribution < 1.29 is 9.53 Å². The molecule has 1 aliphatic carbocycles. The monoisotopic (exact) mass is 264 g/mol. The molecule has 1 saturated carbocycles. The first kappa shape index (κ1) is 13.2. The summed E-state index contributed by atoms with van der Waals surface area (Å²) in [4.78, 5) is 12.2. The summed E-state index contributed by atoms with van der Waals surface area (Å²) in [7, 11) is 1.56. The molecule has 0 aliphatic heterocycles. The highest BCUT2D eigenvalue weighted by Crippen LogP contribution is 2.26. The van der Waals surface area contributed by atoms with Gasteiger partial charge < -0.3 is 4.74 Å². The molecule has 0 atom stereocenters. The standard InChI is InChI=1S/C15H17ClO2/c1-18-15-8-7-12(16)10-13(15)14(17)9-11-5-3-2-4-6-11/h7-10H,2-6H2,1H3. The third-order valence-electron chi connectivity index (χ3n) is 3.26. The van der Waals surface area contributed by atoms with Gasteiger partial charge in [-0.1, -0.05) is 23.6 Å². The molecule has 0 spiro atoms. The van der Waals surface area contributed by atoms with E-state index >= 15 is 0 Å².